The number of hydrogen-bond acceptors (Lipinski definition) is 2. The second-order valence-corrected chi connectivity index (χ2v) is 6.27. The molecule has 1 aliphatic carbocycles. The number of phenols is 1. The number of aromatic hydroxyl groups is 1. The molecule has 2 atom stereocenters. The fraction of sp³-hybridized carbons (Fsp3) is 0.533. The molecular weight excluding hydrogens is 306 g/mol. The molecule has 1 fully saturated rings. The molecule has 0 aliphatic heterocycles. The van der Waals surface area contributed by atoms with E-state index in [9.17, 15) is 9.90 Å². The number of phenolic OH excluding ortho intramolecular Hbond substituents is 1. The Hall–Kier alpha value is -1.03. The van der Waals surface area contributed by atoms with Crippen LogP contribution >= 0.6 is 15.9 Å². The van der Waals surface area contributed by atoms with E-state index in [1.807, 2.05) is 0 Å². The van der Waals surface area contributed by atoms with Crippen LogP contribution in [0.5, 0.6) is 5.75 Å². The molecule has 19 heavy (non-hydrogen) atoms. The Morgan fingerprint density at radius 3 is 2.79 bits per heavy atom. The average molecular weight is 326 g/mol. The number of rotatable bonds is 2. The number of carbonyl (C=O) groups is 1. The van der Waals surface area contributed by atoms with Crippen LogP contribution in [0.3, 0.4) is 0 Å². The molecule has 3 nitrogen and oxygen atoms in total. The second kappa shape index (κ2) is 6.42. The highest BCUT2D eigenvalue weighted by Crippen LogP contribution is 2.25. The lowest BCUT2D eigenvalue weighted by Crippen LogP contribution is -2.38. The van der Waals surface area contributed by atoms with Gasteiger partial charge in [0.15, 0.2) is 0 Å². The third kappa shape index (κ3) is 3.72. The van der Waals surface area contributed by atoms with Crippen LogP contribution in [0.4, 0.5) is 0 Å². The van der Waals surface area contributed by atoms with Crippen molar-refractivity contribution in [3.8, 4) is 5.75 Å². The van der Waals surface area contributed by atoms with Gasteiger partial charge in [0.1, 0.15) is 5.75 Å². The summed E-state index contributed by atoms with van der Waals surface area (Å²) in [6.07, 6.45) is 5.86. The number of hydrogen-bond donors (Lipinski definition) is 2. The van der Waals surface area contributed by atoms with Crippen LogP contribution in [-0.2, 0) is 0 Å². The van der Waals surface area contributed by atoms with Crippen molar-refractivity contribution in [1.29, 1.82) is 0 Å². The molecule has 1 aliphatic rings. The summed E-state index contributed by atoms with van der Waals surface area (Å²) in [5, 5.41) is 12.9. The molecule has 4 heteroatoms. The fourth-order valence-corrected chi connectivity index (χ4v) is 3.00. The van der Waals surface area contributed by atoms with Crippen molar-refractivity contribution in [3.63, 3.8) is 0 Å². The monoisotopic (exact) mass is 325 g/mol. The summed E-state index contributed by atoms with van der Waals surface area (Å²) in [6, 6.07) is 5.19. The Morgan fingerprint density at radius 2 is 2.05 bits per heavy atom. The van der Waals surface area contributed by atoms with E-state index in [-0.39, 0.29) is 17.7 Å². The summed E-state index contributed by atoms with van der Waals surface area (Å²) >= 11 is 3.27. The molecule has 2 N–H and O–H groups in total. The molecular formula is C15H20BrNO2. The number of amides is 1. The molecule has 1 saturated carbocycles. The van der Waals surface area contributed by atoms with Crippen molar-refractivity contribution in [2.24, 2.45) is 5.92 Å². The van der Waals surface area contributed by atoms with Gasteiger partial charge in [-0.1, -0.05) is 42.1 Å². The molecule has 1 aromatic rings. The Labute approximate surface area is 122 Å². The summed E-state index contributed by atoms with van der Waals surface area (Å²) in [7, 11) is 0. The van der Waals surface area contributed by atoms with Crippen LogP contribution in [0.25, 0.3) is 0 Å². The highest BCUT2D eigenvalue weighted by Gasteiger charge is 2.23. The highest BCUT2D eigenvalue weighted by atomic mass is 79.9. The van der Waals surface area contributed by atoms with Crippen molar-refractivity contribution in [1.82, 2.24) is 5.32 Å². The maximum atomic E-state index is 12.2. The molecule has 0 spiro atoms. The minimum Gasteiger partial charge on any atom is -0.507 e. The van der Waals surface area contributed by atoms with E-state index in [0.29, 0.717) is 11.5 Å². The van der Waals surface area contributed by atoms with Crippen molar-refractivity contribution in [2.45, 2.75) is 45.1 Å². The zero-order chi connectivity index (χ0) is 13.8. The standard InChI is InChI=1S/C15H20BrNO2/c1-10-5-3-2-4-6-13(10)17-15(19)12-8-7-11(16)9-14(12)18/h7-10,13,18H,2-6H2,1H3,(H,17,19). The van der Waals surface area contributed by atoms with Gasteiger partial charge >= 0.3 is 0 Å². The first-order valence-corrected chi connectivity index (χ1v) is 7.66. The van der Waals surface area contributed by atoms with Gasteiger partial charge in [0.25, 0.3) is 5.91 Å². The van der Waals surface area contributed by atoms with Gasteiger partial charge in [-0.3, -0.25) is 4.79 Å². The van der Waals surface area contributed by atoms with E-state index in [0.717, 1.165) is 17.3 Å². The molecule has 2 unspecified atom stereocenters. The molecule has 0 radical (unpaired) electrons. The van der Waals surface area contributed by atoms with E-state index in [2.05, 4.69) is 28.2 Å². The lowest BCUT2D eigenvalue weighted by atomic mass is 9.96. The Bertz CT molecular complexity index is 461. The van der Waals surface area contributed by atoms with Gasteiger partial charge in [-0.05, 0) is 37.0 Å². The van der Waals surface area contributed by atoms with Crippen molar-refractivity contribution < 1.29 is 9.90 Å². The first-order valence-electron chi connectivity index (χ1n) is 6.87. The van der Waals surface area contributed by atoms with Gasteiger partial charge in [-0.25, -0.2) is 0 Å². The topological polar surface area (TPSA) is 49.3 Å². The third-order valence-electron chi connectivity index (χ3n) is 3.88. The lowest BCUT2D eigenvalue weighted by Gasteiger charge is -2.23. The van der Waals surface area contributed by atoms with Gasteiger partial charge in [0.05, 0.1) is 5.56 Å². The summed E-state index contributed by atoms with van der Waals surface area (Å²) in [5.41, 5.74) is 0.347. The predicted octanol–water partition coefficient (Wildman–Crippen LogP) is 3.85. The molecule has 0 saturated heterocycles. The van der Waals surface area contributed by atoms with Crippen molar-refractivity contribution in [3.05, 3.63) is 28.2 Å². The largest absolute Gasteiger partial charge is 0.507 e. The van der Waals surface area contributed by atoms with Gasteiger partial charge in [-0.15, -0.1) is 0 Å². The van der Waals surface area contributed by atoms with Crippen LogP contribution in [-0.4, -0.2) is 17.1 Å². The van der Waals surface area contributed by atoms with Crippen molar-refractivity contribution >= 4 is 21.8 Å². The predicted molar refractivity (Wildman–Crippen MR) is 79.3 cm³/mol. The molecule has 0 bridgehead atoms. The van der Waals surface area contributed by atoms with E-state index in [1.54, 1.807) is 18.2 Å². The molecule has 0 heterocycles. The van der Waals surface area contributed by atoms with Crippen LogP contribution in [0.2, 0.25) is 0 Å². The molecule has 104 valence electrons. The van der Waals surface area contributed by atoms with E-state index < -0.39 is 0 Å². The molecule has 2 rings (SSSR count). The van der Waals surface area contributed by atoms with Crippen LogP contribution in [0.1, 0.15) is 49.4 Å². The minimum atomic E-state index is -0.177. The zero-order valence-electron chi connectivity index (χ0n) is 11.2. The normalized spacial score (nSPS) is 23.7. The number of benzene rings is 1. The third-order valence-corrected chi connectivity index (χ3v) is 4.38. The molecule has 1 amide bonds. The zero-order valence-corrected chi connectivity index (χ0v) is 12.7. The summed E-state index contributed by atoms with van der Waals surface area (Å²) in [4.78, 5) is 12.2. The Kier molecular flexibility index (Phi) is 4.86. The van der Waals surface area contributed by atoms with Crippen LogP contribution < -0.4 is 5.32 Å². The first kappa shape index (κ1) is 14.4. The number of carbonyl (C=O) groups excluding carboxylic acids is 1. The van der Waals surface area contributed by atoms with Gasteiger partial charge < -0.3 is 10.4 Å². The number of nitrogens with one attached hydrogen (secondary N) is 1. The maximum absolute atomic E-state index is 12.2. The fourth-order valence-electron chi connectivity index (χ4n) is 2.65. The lowest BCUT2D eigenvalue weighted by molar-refractivity contribution is 0.0919. The van der Waals surface area contributed by atoms with Gasteiger partial charge in [0, 0.05) is 10.5 Å². The number of halogens is 1. The second-order valence-electron chi connectivity index (χ2n) is 5.36. The van der Waals surface area contributed by atoms with Crippen molar-refractivity contribution in [2.75, 3.05) is 0 Å². The van der Waals surface area contributed by atoms with E-state index >= 15 is 0 Å². The Morgan fingerprint density at radius 1 is 1.32 bits per heavy atom. The first-order chi connectivity index (χ1) is 9.08. The summed E-state index contributed by atoms with van der Waals surface area (Å²) in [6.45, 7) is 2.19. The molecule has 0 aromatic heterocycles. The smallest absolute Gasteiger partial charge is 0.255 e. The molecule has 1 aromatic carbocycles. The average Bonchev–Trinajstić information content (AvgIpc) is 2.55. The summed E-state index contributed by atoms with van der Waals surface area (Å²) < 4.78 is 0.768. The van der Waals surface area contributed by atoms with Gasteiger partial charge in [-0.2, -0.15) is 0 Å². The van der Waals surface area contributed by atoms with Crippen LogP contribution in [0, 0.1) is 5.92 Å². The highest BCUT2D eigenvalue weighted by molar-refractivity contribution is 9.10. The quantitative estimate of drug-likeness (QED) is 0.811. The Balaban J connectivity index is 2.07. The maximum Gasteiger partial charge on any atom is 0.255 e. The minimum absolute atomic E-state index is 0.0214. The van der Waals surface area contributed by atoms with E-state index in [1.165, 1.54) is 19.3 Å². The van der Waals surface area contributed by atoms with Crippen LogP contribution in [0.15, 0.2) is 22.7 Å². The summed E-state index contributed by atoms with van der Waals surface area (Å²) in [5.74, 6) is 0.348. The van der Waals surface area contributed by atoms with Gasteiger partial charge in [0.2, 0.25) is 0 Å². The van der Waals surface area contributed by atoms with E-state index in [4.69, 9.17) is 0 Å². The SMILES string of the molecule is CC1CCCCCC1NC(=O)c1ccc(Br)cc1O.